The first kappa shape index (κ1) is 16.8. The van der Waals surface area contributed by atoms with E-state index in [0.29, 0.717) is 12.5 Å². The Bertz CT molecular complexity index is 1120. The highest BCUT2D eigenvalue weighted by Crippen LogP contribution is 2.48. The Morgan fingerprint density at radius 1 is 1.11 bits per heavy atom. The predicted octanol–water partition coefficient (Wildman–Crippen LogP) is 3.01. The van der Waals surface area contributed by atoms with Gasteiger partial charge >= 0.3 is 0 Å². The van der Waals surface area contributed by atoms with Gasteiger partial charge in [-0.05, 0) is 24.6 Å². The van der Waals surface area contributed by atoms with Crippen LogP contribution in [0.3, 0.4) is 0 Å². The molecule has 1 atom stereocenters. The van der Waals surface area contributed by atoms with Crippen molar-refractivity contribution in [3.8, 4) is 0 Å². The molecule has 28 heavy (non-hydrogen) atoms. The van der Waals surface area contributed by atoms with Gasteiger partial charge in [-0.25, -0.2) is 9.98 Å². The summed E-state index contributed by atoms with van der Waals surface area (Å²) in [4.78, 5) is 25.1. The maximum Gasteiger partial charge on any atom is 0.281 e. The fourth-order valence-corrected chi connectivity index (χ4v) is 4.29. The van der Waals surface area contributed by atoms with Crippen molar-refractivity contribution in [1.82, 2.24) is 9.55 Å². The Kier molecular flexibility index (Phi) is 3.65. The Labute approximate surface area is 162 Å². The molecule has 142 valence electrons. The number of imidazole rings is 1. The third-order valence-corrected chi connectivity index (χ3v) is 5.51. The number of para-hydroxylation sites is 3. The molecule has 2 aliphatic rings. The number of rotatable bonds is 4. The number of nitrogens with two attached hydrogens (primary N) is 1. The normalized spacial score (nSPS) is 20.2. The van der Waals surface area contributed by atoms with Gasteiger partial charge in [0.2, 0.25) is 11.6 Å². The quantitative estimate of drug-likeness (QED) is 0.687. The summed E-state index contributed by atoms with van der Waals surface area (Å²) in [5, 5.41) is 3.03. The molecule has 3 N–H and O–H groups in total. The summed E-state index contributed by atoms with van der Waals surface area (Å²) < 4.78 is 1.89. The number of carbonyl (C=O) groups is 1. The maximum atomic E-state index is 13.9. The molecular weight excluding hydrogens is 352 g/mol. The number of amides is 1. The summed E-state index contributed by atoms with van der Waals surface area (Å²) in [6, 6.07) is 15.6. The number of nitrogens with one attached hydrogen (secondary N) is 1. The van der Waals surface area contributed by atoms with Crippen molar-refractivity contribution in [2.45, 2.75) is 31.8 Å². The SMILES string of the molecule is CCCCCN1C(=O)[C@]2(N=C(N)Nc3nc4ccccc4n32)c2ccccc21. The second-order valence-corrected chi connectivity index (χ2v) is 7.23. The fourth-order valence-electron chi connectivity index (χ4n) is 4.29. The minimum atomic E-state index is -1.26. The number of aromatic nitrogens is 2. The van der Waals surface area contributed by atoms with Crippen LogP contribution >= 0.6 is 0 Å². The van der Waals surface area contributed by atoms with Crippen LogP contribution in [0, 0.1) is 0 Å². The molecule has 2 aliphatic heterocycles. The van der Waals surface area contributed by atoms with Crippen LogP contribution < -0.4 is 16.0 Å². The van der Waals surface area contributed by atoms with E-state index in [-0.39, 0.29) is 11.9 Å². The van der Waals surface area contributed by atoms with E-state index < -0.39 is 5.66 Å². The van der Waals surface area contributed by atoms with Gasteiger partial charge in [0.15, 0.2) is 5.96 Å². The molecule has 0 saturated heterocycles. The van der Waals surface area contributed by atoms with Gasteiger partial charge in [-0.2, -0.15) is 0 Å². The topological polar surface area (TPSA) is 88.5 Å². The number of fused-ring (bicyclic) bond motifs is 6. The summed E-state index contributed by atoms with van der Waals surface area (Å²) in [6.45, 7) is 2.82. The van der Waals surface area contributed by atoms with Gasteiger partial charge in [0.05, 0.1) is 16.7 Å². The highest BCUT2D eigenvalue weighted by atomic mass is 16.2. The number of guanidine groups is 1. The van der Waals surface area contributed by atoms with Crippen LogP contribution in [0.25, 0.3) is 11.0 Å². The van der Waals surface area contributed by atoms with E-state index >= 15 is 0 Å². The highest BCUT2D eigenvalue weighted by Gasteiger charge is 2.55. The smallest absolute Gasteiger partial charge is 0.281 e. The number of benzene rings is 2. The van der Waals surface area contributed by atoms with E-state index in [1.54, 1.807) is 0 Å². The molecule has 3 aromatic rings. The molecule has 0 radical (unpaired) electrons. The van der Waals surface area contributed by atoms with E-state index in [9.17, 15) is 4.79 Å². The molecule has 1 aromatic heterocycles. The molecule has 0 unspecified atom stereocenters. The fraction of sp³-hybridized carbons (Fsp3) is 0.286. The van der Waals surface area contributed by atoms with Gasteiger partial charge in [0.25, 0.3) is 5.91 Å². The minimum absolute atomic E-state index is 0.0846. The number of anilines is 2. The highest BCUT2D eigenvalue weighted by molar-refractivity contribution is 6.12. The monoisotopic (exact) mass is 374 g/mol. The van der Waals surface area contributed by atoms with Crippen LogP contribution in [-0.2, 0) is 10.5 Å². The van der Waals surface area contributed by atoms with E-state index in [4.69, 9.17) is 10.7 Å². The minimum Gasteiger partial charge on any atom is -0.370 e. The number of hydrogen-bond acceptors (Lipinski definition) is 5. The number of unbranched alkanes of at least 4 members (excludes halogenated alkanes) is 2. The van der Waals surface area contributed by atoms with Crippen molar-refractivity contribution in [3.63, 3.8) is 0 Å². The van der Waals surface area contributed by atoms with Crippen LogP contribution in [-0.4, -0.2) is 28.0 Å². The second-order valence-electron chi connectivity index (χ2n) is 7.23. The van der Waals surface area contributed by atoms with Crippen molar-refractivity contribution in [1.29, 1.82) is 0 Å². The molecule has 0 fully saturated rings. The lowest BCUT2D eigenvalue weighted by atomic mass is 10.00. The summed E-state index contributed by atoms with van der Waals surface area (Å²) in [5.41, 5.74) is 8.24. The zero-order valence-corrected chi connectivity index (χ0v) is 15.7. The van der Waals surface area contributed by atoms with Gasteiger partial charge in [0, 0.05) is 12.1 Å². The Hall–Kier alpha value is -3.35. The van der Waals surface area contributed by atoms with Crippen molar-refractivity contribution >= 4 is 34.5 Å². The third kappa shape index (κ3) is 2.13. The molecule has 7 heteroatoms. The summed E-state index contributed by atoms with van der Waals surface area (Å²) in [5.74, 6) is 0.646. The van der Waals surface area contributed by atoms with Crippen LogP contribution in [0.5, 0.6) is 0 Å². The van der Waals surface area contributed by atoms with E-state index in [1.807, 2.05) is 58.0 Å². The van der Waals surface area contributed by atoms with Crippen molar-refractivity contribution in [2.24, 2.45) is 10.7 Å². The first-order chi connectivity index (χ1) is 13.7. The molecule has 0 bridgehead atoms. The lowest BCUT2D eigenvalue weighted by Crippen LogP contribution is -2.49. The van der Waals surface area contributed by atoms with Crippen molar-refractivity contribution in [3.05, 3.63) is 54.1 Å². The standard InChI is InChI=1S/C21H22N6O/c1-2-3-8-13-26-16-11-6-4-9-14(16)21(18(26)28)25-19(22)24-20-23-15-10-5-7-12-17(15)27(20)21/h4-7,9-12H,2-3,8,13H2,1H3,(H3,22,23,24,25)/t21-/m0/s1. The van der Waals surface area contributed by atoms with E-state index in [1.165, 1.54) is 0 Å². The first-order valence-electron chi connectivity index (χ1n) is 9.68. The van der Waals surface area contributed by atoms with Gasteiger partial charge in [0.1, 0.15) is 0 Å². The zero-order valence-electron chi connectivity index (χ0n) is 15.7. The molecule has 3 heterocycles. The van der Waals surface area contributed by atoms with E-state index in [0.717, 1.165) is 41.5 Å². The van der Waals surface area contributed by atoms with Crippen LogP contribution in [0.1, 0.15) is 31.7 Å². The molecule has 0 aliphatic carbocycles. The molecule has 1 amide bonds. The van der Waals surface area contributed by atoms with Crippen LogP contribution in [0.15, 0.2) is 53.5 Å². The van der Waals surface area contributed by atoms with Gasteiger partial charge < -0.3 is 10.6 Å². The summed E-state index contributed by atoms with van der Waals surface area (Å²) >= 11 is 0. The molecule has 0 saturated carbocycles. The lowest BCUT2D eigenvalue weighted by molar-refractivity contribution is -0.123. The first-order valence-corrected chi connectivity index (χ1v) is 9.68. The summed E-state index contributed by atoms with van der Waals surface area (Å²) in [6.07, 6.45) is 3.12. The molecule has 5 rings (SSSR count). The van der Waals surface area contributed by atoms with Gasteiger partial charge in [-0.3, -0.25) is 14.7 Å². The number of carbonyl (C=O) groups excluding carboxylic acids is 1. The molecule has 2 aromatic carbocycles. The number of hydrogen-bond donors (Lipinski definition) is 2. The van der Waals surface area contributed by atoms with Crippen molar-refractivity contribution < 1.29 is 4.79 Å². The van der Waals surface area contributed by atoms with Crippen LogP contribution in [0.2, 0.25) is 0 Å². The Morgan fingerprint density at radius 3 is 2.75 bits per heavy atom. The molecular formula is C21H22N6O. The average Bonchev–Trinajstić information content (AvgIpc) is 3.18. The predicted molar refractivity (Wildman–Crippen MR) is 110 cm³/mol. The van der Waals surface area contributed by atoms with Gasteiger partial charge in [-0.1, -0.05) is 50.1 Å². The van der Waals surface area contributed by atoms with E-state index in [2.05, 4.69) is 17.2 Å². The second kappa shape index (κ2) is 6.09. The average molecular weight is 374 g/mol. The zero-order chi connectivity index (χ0) is 19.3. The van der Waals surface area contributed by atoms with Crippen LogP contribution in [0.4, 0.5) is 11.6 Å². The molecule has 1 spiro atoms. The maximum absolute atomic E-state index is 13.9. The van der Waals surface area contributed by atoms with Crippen molar-refractivity contribution in [2.75, 3.05) is 16.8 Å². The van der Waals surface area contributed by atoms with Gasteiger partial charge in [-0.15, -0.1) is 0 Å². The lowest BCUT2D eigenvalue weighted by Gasteiger charge is -2.32. The summed E-state index contributed by atoms with van der Waals surface area (Å²) in [7, 11) is 0. The number of nitrogens with zero attached hydrogens (tertiary/aromatic N) is 4. The Balaban J connectivity index is 1.77. The number of aliphatic imine (C=N–C) groups is 1. The largest absolute Gasteiger partial charge is 0.370 e. The molecule has 7 nitrogen and oxygen atoms in total. The third-order valence-electron chi connectivity index (χ3n) is 5.51. The Morgan fingerprint density at radius 2 is 1.89 bits per heavy atom.